The van der Waals surface area contributed by atoms with Crippen molar-refractivity contribution in [1.29, 1.82) is 0 Å². The van der Waals surface area contributed by atoms with Crippen molar-refractivity contribution in [1.82, 2.24) is 24.5 Å². The van der Waals surface area contributed by atoms with Gasteiger partial charge in [-0.2, -0.15) is 0 Å². The van der Waals surface area contributed by atoms with Gasteiger partial charge in [0.1, 0.15) is 0 Å². The second-order valence-electron chi connectivity index (χ2n) is 13.8. The lowest BCUT2D eigenvalue weighted by Gasteiger charge is -2.31. The third-order valence-corrected chi connectivity index (χ3v) is 9.91. The number of hydrogen-bond donors (Lipinski definition) is 0. The van der Waals surface area contributed by atoms with E-state index >= 15 is 0 Å². The van der Waals surface area contributed by atoms with Crippen molar-refractivity contribution in [3.63, 3.8) is 0 Å². The largest absolute Gasteiger partial charge is 0.297 e. The van der Waals surface area contributed by atoms with Crippen molar-refractivity contribution in [2.45, 2.75) is 32.7 Å². The maximum Gasteiger partial charge on any atom is 0.0234 e. The molecule has 1 aliphatic rings. The lowest BCUT2D eigenvalue weighted by molar-refractivity contribution is 0.154. The molecule has 0 atom stereocenters. The fourth-order valence-electron chi connectivity index (χ4n) is 6.97. The molecule has 1 saturated heterocycles. The number of hydrogen-bond acceptors (Lipinski definition) is 5. The molecule has 0 N–H and O–H groups in total. The van der Waals surface area contributed by atoms with Crippen LogP contribution in [0.25, 0.3) is 0 Å². The molecule has 0 aliphatic carbocycles. The first-order valence-corrected chi connectivity index (χ1v) is 18.6. The predicted molar refractivity (Wildman–Crippen MR) is 209 cm³/mol. The van der Waals surface area contributed by atoms with E-state index in [0.717, 1.165) is 98.2 Å². The summed E-state index contributed by atoms with van der Waals surface area (Å²) in [6.07, 6.45) is 0. The van der Waals surface area contributed by atoms with E-state index in [4.69, 9.17) is 0 Å². The molecule has 1 aliphatic heterocycles. The molecule has 260 valence electrons. The van der Waals surface area contributed by atoms with E-state index in [-0.39, 0.29) is 0 Å². The van der Waals surface area contributed by atoms with Gasteiger partial charge in [-0.25, -0.2) is 0 Å². The average Bonchev–Trinajstić information content (AvgIpc) is 3.17. The SMILES string of the molecule is c1ccc(CN2CCN(Cc3ccccc3)CCN(Cc3ccccc3)CCN(Cc3ccccc3)CCN(Cc3ccccc3)CC2)cc1. The van der Waals surface area contributed by atoms with Gasteiger partial charge in [-0.05, 0) is 27.8 Å². The van der Waals surface area contributed by atoms with Gasteiger partial charge >= 0.3 is 0 Å². The number of rotatable bonds is 10. The van der Waals surface area contributed by atoms with Crippen molar-refractivity contribution < 1.29 is 0 Å². The van der Waals surface area contributed by atoms with E-state index < -0.39 is 0 Å². The van der Waals surface area contributed by atoms with Gasteiger partial charge in [-0.3, -0.25) is 24.5 Å². The summed E-state index contributed by atoms with van der Waals surface area (Å²) in [5.41, 5.74) is 6.93. The van der Waals surface area contributed by atoms with Crippen LogP contribution >= 0.6 is 0 Å². The molecular weight excluding hydrogens is 611 g/mol. The molecule has 1 heterocycles. The lowest BCUT2D eigenvalue weighted by Crippen LogP contribution is -2.41. The van der Waals surface area contributed by atoms with Gasteiger partial charge in [0, 0.05) is 98.2 Å². The Morgan fingerprint density at radius 1 is 0.220 bits per heavy atom. The van der Waals surface area contributed by atoms with Crippen LogP contribution in [-0.4, -0.2) is 89.9 Å². The van der Waals surface area contributed by atoms with E-state index in [2.05, 4.69) is 176 Å². The van der Waals surface area contributed by atoms with E-state index in [9.17, 15) is 0 Å². The standard InChI is InChI=1S/C45H55N5/c1-6-16-41(17-7-1)36-46-26-28-47(37-42-18-8-2-9-19-42)30-32-49(39-44-22-12-4-13-23-44)34-35-50(40-45-24-14-5-15-25-45)33-31-48(29-27-46)38-43-20-10-3-11-21-43/h1-25H,26-40H2. The summed E-state index contributed by atoms with van der Waals surface area (Å²) in [5.74, 6) is 0. The van der Waals surface area contributed by atoms with Gasteiger partial charge in [0.15, 0.2) is 0 Å². The van der Waals surface area contributed by atoms with Crippen LogP contribution in [0.4, 0.5) is 0 Å². The molecule has 0 saturated carbocycles. The molecule has 5 heteroatoms. The van der Waals surface area contributed by atoms with Crippen LogP contribution in [0.5, 0.6) is 0 Å². The minimum atomic E-state index is 0.972. The summed E-state index contributed by atoms with van der Waals surface area (Å²) < 4.78 is 0. The first-order valence-electron chi connectivity index (χ1n) is 18.6. The highest BCUT2D eigenvalue weighted by atomic mass is 15.3. The van der Waals surface area contributed by atoms with Gasteiger partial charge in [0.25, 0.3) is 0 Å². The Labute approximate surface area is 301 Å². The first kappa shape index (κ1) is 35.7. The van der Waals surface area contributed by atoms with Crippen molar-refractivity contribution in [3.05, 3.63) is 179 Å². The monoisotopic (exact) mass is 665 g/mol. The quantitative estimate of drug-likeness (QED) is 0.153. The summed E-state index contributed by atoms with van der Waals surface area (Å²) in [6.45, 7) is 15.3. The van der Waals surface area contributed by atoms with Gasteiger partial charge in [-0.1, -0.05) is 152 Å². The molecular formula is C45H55N5. The number of benzene rings is 5. The van der Waals surface area contributed by atoms with Crippen LogP contribution in [0, 0.1) is 0 Å². The van der Waals surface area contributed by atoms with E-state index in [1.165, 1.54) is 27.8 Å². The van der Waals surface area contributed by atoms with E-state index in [0.29, 0.717) is 0 Å². The van der Waals surface area contributed by atoms with E-state index in [1.54, 1.807) is 0 Å². The highest BCUT2D eigenvalue weighted by Gasteiger charge is 2.18. The zero-order valence-electron chi connectivity index (χ0n) is 29.8. The molecule has 1 fully saturated rings. The van der Waals surface area contributed by atoms with Gasteiger partial charge < -0.3 is 0 Å². The molecule has 0 amide bonds. The van der Waals surface area contributed by atoms with Crippen LogP contribution in [0.15, 0.2) is 152 Å². The Hall–Kier alpha value is -4.10. The van der Waals surface area contributed by atoms with Crippen molar-refractivity contribution in [2.24, 2.45) is 0 Å². The minimum absolute atomic E-state index is 0.972. The summed E-state index contributed by atoms with van der Waals surface area (Å²) in [7, 11) is 0. The normalized spacial score (nSPS) is 17.2. The summed E-state index contributed by atoms with van der Waals surface area (Å²) >= 11 is 0. The highest BCUT2D eigenvalue weighted by Crippen LogP contribution is 2.13. The van der Waals surface area contributed by atoms with Crippen LogP contribution in [0.1, 0.15) is 27.8 Å². The maximum absolute atomic E-state index is 2.69. The summed E-state index contributed by atoms with van der Waals surface area (Å²) in [6, 6.07) is 55.2. The Kier molecular flexibility index (Phi) is 14.2. The lowest BCUT2D eigenvalue weighted by atomic mass is 10.2. The second kappa shape index (κ2) is 19.9. The first-order chi connectivity index (χ1) is 24.7. The fourth-order valence-corrected chi connectivity index (χ4v) is 6.97. The summed E-state index contributed by atoms with van der Waals surface area (Å²) in [5, 5.41) is 0. The molecule has 5 nitrogen and oxygen atoms in total. The Balaban J connectivity index is 1.27. The van der Waals surface area contributed by atoms with Gasteiger partial charge in [0.05, 0.1) is 0 Å². The van der Waals surface area contributed by atoms with Crippen molar-refractivity contribution >= 4 is 0 Å². The minimum Gasteiger partial charge on any atom is -0.297 e. The van der Waals surface area contributed by atoms with Gasteiger partial charge in [0.2, 0.25) is 0 Å². The van der Waals surface area contributed by atoms with Crippen LogP contribution < -0.4 is 0 Å². The molecule has 0 radical (unpaired) electrons. The summed E-state index contributed by atoms with van der Waals surface area (Å²) in [4.78, 5) is 13.4. The zero-order chi connectivity index (χ0) is 34.1. The maximum atomic E-state index is 2.69. The Bertz CT molecular complexity index is 1290. The molecule has 0 unspecified atom stereocenters. The molecule has 50 heavy (non-hydrogen) atoms. The van der Waals surface area contributed by atoms with Crippen LogP contribution in [-0.2, 0) is 32.7 Å². The Morgan fingerprint density at radius 3 is 0.500 bits per heavy atom. The van der Waals surface area contributed by atoms with Crippen LogP contribution in [0.2, 0.25) is 0 Å². The third-order valence-electron chi connectivity index (χ3n) is 9.91. The topological polar surface area (TPSA) is 16.2 Å². The predicted octanol–water partition coefficient (Wildman–Crippen LogP) is 7.51. The van der Waals surface area contributed by atoms with Gasteiger partial charge in [-0.15, -0.1) is 0 Å². The molecule has 6 rings (SSSR count). The smallest absolute Gasteiger partial charge is 0.0234 e. The molecule has 0 spiro atoms. The molecule has 5 aromatic rings. The van der Waals surface area contributed by atoms with Crippen molar-refractivity contribution in [2.75, 3.05) is 65.4 Å². The average molecular weight is 666 g/mol. The Morgan fingerprint density at radius 2 is 0.360 bits per heavy atom. The highest BCUT2D eigenvalue weighted by molar-refractivity contribution is 5.18. The molecule has 0 aromatic heterocycles. The zero-order valence-corrected chi connectivity index (χ0v) is 29.8. The number of nitrogens with zero attached hydrogens (tertiary/aromatic N) is 5. The third kappa shape index (κ3) is 12.3. The van der Waals surface area contributed by atoms with E-state index in [1.807, 2.05) is 0 Å². The fraction of sp³-hybridized carbons (Fsp3) is 0.333. The second-order valence-corrected chi connectivity index (χ2v) is 13.8. The van der Waals surface area contributed by atoms with Crippen molar-refractivity contribution in [3.8, 4) is 0 Å². The molecule has 5 aromatic carbocycles. The van der Waals surface area contributed by atoms with Crippen LogP contribution in [0.3, 0.4) is 0 Å². The molecule has 0 bridgehead atoms.